The Hall–Kier alpha value is -0.0400. The van der Waals surface area contributed by atoms with Gasteiger partial charge in [-0.2, -0.15) is 0 Å². The quantitative estimate of drug-likeness (QED) is 0.634. The molecule has 0 amide bonds. The summed E-state index contributed by atoms with van der Waals surface area (Å²) < 4.78 is 0. The molecule has 0 radical (unpaired) electrons. The van der Waals surface area contributed by atoms with Crippen LogP contribution in [0.4, 0.5) is 0 Å². The van der Waals surface area contributed by atoms with Gasteiger partial charge >= 0.3 is 0 Å². The molecule has 1 saturated heterocycles. The van der Waals surface area contributed by atoms with Crippen molar-refractivity contribution in [3.63, 3.8) is 0 Å². The highest BCUT2D eigenvalue weighted by molar-refractivity contribution is 4.97. The van der Waals surface area contributed by atoms with Gasteiger partial charge in [-0.3, -0.25) is 0 Å². The highest BCUT2D eigenvalue weighted by Gasteiger charge is 2.44. The molecule has 1 heteroatoms. The first-order valence-corrected chi connectivity index (χ1v) is 8.90. The molecule has 2 rings (SSSR count). The van der Waals surface area contributed by atoms with E-state index in [1.807, 2.05) is 0 Å². The highest BCUT2D eigenvalue weighted by Crippen LogP contribution is 2.53. The maximum absolute atomic E-state index is 2.73. The molecule has 19 heavy (non-hydrogen) atoms. The zero-order valence-electron chi connectivity index (χ0n) is 13.6. The van der Waals surface area contributed by atoms with E-state index in [0.717, 1.165) is 10.8 Å². The first kappa shape index (κ1) is 15.4. The standard InChI is InChI=1S/C18H35N/c1-4-7-17(8-5-2)9-11-18(12-10-17)13-15-19(16-18)14-6-3/h4-16H2,1-3H3. The second kappa shape index (κ2) is 6.61. The predicted octanol–water partition coefficient (Wildman–Crippen LogP) is 5.25. The van der Waals surface area contributed by atoms with Gasteiger partial charge in [-0.05, 0) is 75.3 Å². The van der Waals surface area contributed by atoms with Crippen molar-refractivity contribution in [1.82, 2.24) is 4.90 Å². The van der Waals surface area contributed by atoms with Crippen LogP contribution in [0.2, 0.25) is 0 Å². The second-order valence-electron chi connectivity index (χ2n) is 7.53. The lowest BCUT2D eigenvalue weighted by atomic mass is 9.60. The molecule has 0 N–H and O–H groups in total. The van der Waals surface area contributed by atoms with E-state index >= 15 is 0 Å². The molecule has 0 aromatic heterocycles. The fourth-order valence-electron chi connectivity index (χ4n) is 4.94. The van der Waals surface area contributed by atoms with Crippen molar-refractivity contribution in [1.29, 1.82) is 0 Å². The van der Waals surface area contributed by atoms with Gasteiger partial charge in [0.25, 0.3) is 0 Å². The molecule has 112 valence electrons. The van der Waals surface area contributed by atoms with Crippen LogP contribution in [0.15, 0.2) is 0 Å². The fraction of sp³-hybridized carbons (Fsp3) is 1.00. The van der Waals surface area contributed by atoms with Crippen LogP contribution in [-0.4, -0.2) is 24.5 Å². The van der Waals surface area contributed by atoms with Crippen molar-refractivity contribution in [2.45, 2.75) is 85.0 Å². The third-order valence-electron chi connectivity index (χ3n) is 5.99. The first-order valence-electron chi connectivity index (χ1n) is 8.90. The van der Waals surface area contributed by atoms with Crippen LogP contribution in [0.5, 0.6) is 0 Å². The molecule has 1 nitrogen and oxygen atoms in total. The Balaban J connectivity index is 1.90. The van der Waals surface area contributed by atoms with Gasteiger partial charge in [-0.1, -0.05) is 33.6 Å². The monoisotopic (exact) mass is 265 g/mol. The van der Waals surface area contributed by atoms with Crippen LogP contribution >= 0.6 is 0 Å². The number of rotatable bonds is 6. The Morgan fingerprint density at radius 3 is 1.95 bits per heavy atom. The molecule has 2 aliphatic rings. The molecular weight excluding hydrogens is 230 g/mol. The molecule has 1 aliphatic carbocycles. The van der Waals surface area contributed by atoms with Crippen LogP contribution in [-0.2, 0) is 0 Å². The van der Waals surface area contributed by atoms with E-state index in [2.05, 4.69) is 25.7 Å². The molecule has 1 heterocycles. The van der Waals surface area contributed by atoms with Gasteiger partial charge in [0.2, 0.25) is 0 Å². The minimum atomic E-state index is 0.722. The van der Waals surface area contributed by atoms with Crippen molar-refractivity contribution in [2.75, 3.05) is 19.6 Å². The average molecular weight is 265 g/mol. The summed E-state index contributed by atoms with van der Waals surface area (Å²) in [4.78, 5) is 2.73. The minimum Gasteiger partial charge on any atom is -0.303 e. The molecule has 0 atom stereocenters. The summed E-state index contributed by atoms with van der Waals surface area (Å²) in [5, 5.41) is 0. The molecule has 0 bridgehead atoms. The lowest BCUT2D eigenvalue weighted by Crippen LogP contribution is -2.36. The molecular formula is C18H35N. The second-order valence-corrected chi connectivity index (χ2v) is 7.53. The summed E-state index contributed by atoms with van der Waals surface area (Å²) in [5.74, 6) is 0. The van der Waals surface area contributed by atoms with Crippen molar-refractivity contribution in [3.8, 4) is 0 Å². The lowest BCUT2D eigenvalue weighted by Gasteiger charge is -2.45. The van der Waals surface area contributed by atoms with E-state index in [9.17, 15) is 0 Å². The summed E-state index contributed by atoms with van der Waals surface area (Å²) in [5.41, 5.74) is 1.45. The van der Waals surface area contributed by atoms with E-state index in [1.165, 1.54) is 83.8 Å². The van der Waals surface area contributed by atoms with E-state index in [4.69, 9.17) is 0 Å². The Morgan fingerprint density at radius 2 is 1.42 bits per heavy atom. The minimum absolute atomic E-state index is 0.722. The van der Waals surface area contributed by atoms with Gasteiger partial charge < -0.3 is 4.90 Å². The van der Waals surface area contributed by atoms with Crippen molar-refractivity contribution >= 4 is 0 Å². The van der Waals surface area contributed by atoms with E-state index in [0.29, 0.717) is 0 Å². The van der Waals surface area contributed by atoms with Crippen LogP contribution < -0.4 is 0 Å². The maximum Gasteiger partial charge on any atom is 0.00385 e. The predicted molar refractivity (Wildman–Crippen MR) is 84.5 cm³/mol. The Bertz CT molecular complexity index is 255. The van der Waals surface area contributed by atoms with Gasteiger partial charge in [-0.15, -0.1) is 0 Å². The largest absolute Gasteiger partial charge is 0.303 e. The molecule has 0 aromatic rings. The zero-order valence-corrected chi connectivity index (χ0v) is 13.6. The van der Waals surface area contributed by atoms with Gasteiger partial charge in [-0.25, -0.2) is 0 Å². The average Bonchev–Trinajstić information content (AvgIpc) is 2.79. The van der Waals surface area contributed by atoms with Crippen LogP contribution in [0.3, 0.4) is 0 Å². The van der Waals surface area contributed by atoms with Crippen molar-refractivity contribution < 1.29 is 0 Å². The summed E-state index contributed by atoms with van der Waals surface area (Å²) in [7, 11) is 0. The number of nitrogens with zero attached hydrogens (tertiary/aromatic N) is 1. The smallest absolute Gasteiger partial charge is 0.00385 e. The summed E-state index contributed by atoms with van der Waals surface area (Å²) in [6, 6.07) is 0. The Morgan fingerprint density at radius 1 is 0.789 bits per heavy atom. The van der Waals surface area contributed by atoms with Gasteiger partial charge in [0, 0.05) is 6.54 Å². The van der Waals surface area contributed by atoms with E-state index in [-0.39, 0.29) is 0 Å². The van der Waals surface area contributed by atoms with Crippen LogP contribution in [0.1, 0.15) is 85.0 Å². The summed E-state index contributed by atoms with van der Waals surface area (Å²) in [6.45, 7) is 11.2. The lowest BCUT2D eigenvalue weighted by molar-refractivity contribution is 0.0647. The Kier molecular flexibility index (Phi) is 5.34. The van der Waals surface area contributed by atoms with Gasteiger partial charge in [0.1, 0.15) is 0 Å². The molecule has 0 aromatic carbocycles. The number of hydrogen-bond acceptors (Lipinski definition) is 1. The molecule has 1 spiro atoms. The molecule has 1 saturated carbocycles. The number of hydrogen-bond donors (Lipinski definition) is 0. The summed E-state index contributed by atoms with van der Waals surface area (Å²) in [6.07, 6.45) is 14.6. The SMILES string of the molecule is CCCN1CCC2(CCC(CCC)(CCC)CC2)C1. The van der Waals surface area contributed by atoms with E-state index in [1.54, 1.807) is 0 Å². The number of likely N-dealkylation sites (tertiary alicyclic amines) is 1. The van der Waals surface area contributed by atoms with Crippen LogP contribution in [0.25, 0.3) is 0 Å². The van der Waals surface area contributed by atoms with Crippen molar-refractivity contribution in [2.24, 2.45) is 10.8 Å². The zero-order chi connectivity index (χ0) is 13.8. The third-order valence-corrected chi connectivity index (χ3v) is 5.99. The molecule has 0 unspecified atom stereocenters. The van der Waals surface area contributed by atoms with Crippen LogP contribution in [0, 0.1) is 10.8 Å². The highest BCUT2D eigenvalue weighted by atomic mass is 15.2. The normalized spacial score (nSPS) is 26.1. The van der Waals surface area contributed by atoms with E-state index < -0.39 is 0 Å². The fourth-order valence-corrected chi connectivity index (χ4v) is 4.94. The third kappa shape index (κ3) is 3.54. The first-order chi connectivity index (χ1) is 9.17. The van der Waals surface area contributed by atoms with Gasteiger partial charge in [0.05, 0.1) is 0 Å². The van der Waals surface area contributed by atoms with Gasteiger partial charge in [0.15, 0.2) is 0 Å². The maximum atomic E-state index is 2.73. The summed E-state index contributed by atoms with van der Waals surface area (Å²) >= 11 is 0. The molecule has 2 fully saturated rings. The van der Waals surface area contributed by atoms with Crippen molar-refractivity contribution in [3.05, 3.63) is 0 Å². The molecule has 1 aliphatic heterocycles. The topological polar surface area (TPSA) is 3.24 Å². The Labute approximate surface area is 121 Å².